The van der Waals surface area contributed by atoms with Gasteiger partial charge in [0.2, 0.25) is 0 Å². The molecule has 12 aromatic rings. The quantitative estimate of drug-likeness (QED) is 0.0185. The Morgan fingerprint density at radius 3 is 1.19 bits per heavy atom. The number of halogens is 3. The maximum Gasteiger partial charge on any atom is 0.410 e. The number of thiophene rings is 3. The monoisotopic (exact) mass is 1720 g/mol. The summed E-state index contributed by atoms with van der Waals surface area (Å²) in [5.74, 6) is 2.23. The number of aromatic nitrogens is 6. The van der Waals surface area contributed by atoms with Crippen LogP contribution < -0.4 is 25.3 Å². The molecule has 0 atom stereocenters. The molecule has 3 fully saturated rings. The van der Waals surface area contributed by atoms with Crippen molar-refractivity contribution < 1.29 is 46.4 Å². The second-order valence-electron chi connectivity index (χ2n) is 31.7. The van der Waals surface area contributed by atoms with Crippen LogP contribution in [-0.2, 0) is 41.9 Å². The van der Waals surface area contributed by atoms with Crippen LogP contribution in [0.1, 0.15) is 161 Å². The van der Waals surface area contributed by atoms with Gasteiger partial charge in [0.1, 0.15) is 28.5 Å². The molecule has 0 bridgehead atoms. The molecule has 0 unspecified atom stereocenters. The Bertz CT molecular complexity index is 5560. The van der Waals surface area contributed by atoms with E-state index in [1.807, 2.05) is 122 Å². The SMILES string of the molecule is CCCN(Cc1ccc(-c2cc3nccc(Oc4ccc(CC(=S)CC5CC5)cc4F)c3s2)nc1)C(=O)OC(C)(C)C.CCCN(Cc1ccc(-c2cc3nccc(Oc4ccc(N)cc4F)c3s2)nc1)C(=O)OC(C)(C)C.CCCNCc1ccc(-c2cc3nccc(Oc4ccc(CC(=S)CC5CC5)cc4F)c3s2)nc1.S=C=NC1CC1. The maximum atomic E-state index is 15.0. The van der Waals surface area contributed by atoms with Crippen molar-refractivity contribution in [2.75, 3.05) is 25.4 Å². The summed E-state index contributed by atoms with van der Waals surface area (Å²) < 4.78 is 75.6. The van der Waals surface area contributed by atoms with Gasteiger partial charge >= 0.3 is 12.2 Å². The van der Waals surface area contributed by atoms with Crippen LogP contribution in [0.4, 0.5) is 28.4 Å². The van der Waals surface area contributed by atoms with E-state index in [4.69, 9.17) is 53.9 Å². The number of nitrogens with zero attached hydrogens (tertiary/aromatic N) is 9. The van der Waals surface area contributed by atoms with Gasteiger partial charge in [-0.1, -0.05) is 75.5 Å². The number of fused-ring (bicyclic) bond motifs is 3. The highest BCUT2D eigenvalue weighted by Gasteiger charge is 2.28. The van der Waals surface area contributed by atoms with Gasteiger partial charge in [0.05, 0.1) is 86.7 Å². The van der Waals surface area contributed by atoms with Gasteiger partial charge in [0.15, 0.2) is 34.7 Å². The van der Waals surface area contributed by atoms with Crippen LogP contribution >= 0.6 is 70.7 Å². The Morgan fingerprint density at radius 1 is 0.496 bits per heavy atom. The summed E-state index contributed by atoms with van der Waals surface area (Å²) in [5.41, 5.74) is 14.3. The molecule has 9 aromatic heterocycles. The Balaban J connectivity index is 0.000000158. The normalized spacial score (nSPS) is 13.0. The van der Waals surface area contributed by atoms with Crippen molar-refractivity contribution in [2.24, 2.45) is 16.8 Å². The van der Waals surface area contributed by atoms with E-state index in [0.717, 1.165) is 157 Å². The Hall–Kier alpha value is -10.1. The first-order valence-corrected chi connectivity index (χ1v) is 43.8. The van der Waals surface area contributed by atoms with Crippen molar-refractivity contribution >= 4 is 134 Å². The van der Waals surface area contributed by atoms with Gasteiger partial charge in [0.25, 0.3) is 0 Å². The average Bonchev–Trinajstić information content (AvgIpc) is 1.67. The first-order chi connectivity index (χ1) is 57.2. The number of pyridine rings is 6. The minimum Gasteiger partial charge on any atom is -0.453 e. The van der Waals surface area contributed by atoms with Crippen LogP contribution in [0.25, 0.3) is 62.4 Å². The first-order valence-electron chi connectivity index (χ1n) is 40.2. The number of rotatable bonds is 30. The molecule has 620 valence electrons. The molecule has 3 saturated carbocycles. The number of thiocarbonyl (C=S) groups is 3. The molecule has 119 heavy (non-hydrogen) atoms. The summed E-state index contributed by atoms with van der Waals surface area (Å²) in [4.78, 5) is 64.5. The van der Waals surface area contributed by atoms with Crippen LogP contribution in [-0.4, -0.2) is 104 Å². The molecule has 0 radical (unpaired) electrons. The number of carbonyl (C=O) groups excluding carboxylic acids is 2. The molecule has 3 aliphatic carbocycles. The Kier molecular flexibility index (Phi) is 30.6. The molecule has 2 amide bonds. The van der Waals surface area contributed by atoms with E-state index in [1.165, 1.54) is 85.5 Å². The lowest BCUT2D eigenvalue weighted by Crippen LogP contribution is -2.36. The van der Waals surface area contributed by atoms with Crippen molar-refractivity contribution in [3.05, 3.63) is 210 Å². The molecule has 0 spiro atoms. The van der Waals surface area contributed by atoms with E-state index in [0.29, 0.717) is 68.0 Å². The number of ether oxygens (including phenoxy) is 5. The third kappa shape index (κ3) is 26.5. The molecule has 18 nitrogen and oxygen atoms in total. The van der Waals surface area contributed by atoms with Crippen LogP contribution in [0.3, 0.4) is 0 Å². The van der Waals surface area contributed by atoms with E-state index in [9.17, 15) is 18.4 Å². The third-order valence-electron chi connectivity index (χ3n) is 18.8. The van der Waals surface area contributed by atoms with Gasteiger partial charge in [-0.3, -0.25) is 29.9 Å². The molecule has 27 heteroatoms. The summed E-state index contributed by atoms with van der Waals surface area (Å²) in [6.45, 7) is 21.2. The van der Waals surface area contributed by atoms with Gasteiger partial charge in [-0.25, -0.2) is 27.8 Å². The summed E-state index contributed by atoms with van der Waals surface area (Å²) >= 11 is 19.9. The van der Waals surface area contributed by atoms with E-state index in [1.54, 1.807) is 88.5 Å². The van der Waals surface area contributed by atoms with Crippen molar-refractivity contribution in [3.8, 4) is 66.2 Å². The fourth-order valence-electron chi connectivity index (χ4n) is 12.5. The van der Waals surface area contributed by atoms with Gasteiger partial charge < -0.3 is 44.5 Å². The number of nitrogen functional groups attached to an aromatic ring is 1. The second kappa shape index (κ2) is 41.3. The second-order valence-corrected chi connectivity index (χ2v) is 36.2. The van der Waals surface area contributed by atoms with Gasteiger partial charge in [-0.15, -0.1) is 34.0 Å². The summed E-state index contributed by atoms with van der Waals surface area (Å²) in [5, 5.41) is 5.73. The number of anilines is 1. The largest absolute Gasteiger partial charge is 0.453 e. The standard InChI is InChI=1S/C33H36FN3O3S2.C28H28FN3OS2.C27H29FN4O3S.C4H5NS/c1-5-14-37(32(38)40-33(2,3)4)20-23-8-10-26(36-19-23)30-18-27-31(42-30)29(12-13-35-27)39-28-11-9-22(17-25(28)34)16-24(41)15-21-6-7-21;1-2-10-30-16-20-5-7-23(32-17-20)27-15-24-28(35-27)26(9-11-31-24)33-25-8-6-19(14-22(25)29)13-21(34)12-18-3-4-18;1-5-12-32(26(33)35-27(2,3)4)16-17-6-8-20(31-15-17)24-14-21-25(36-24)23(10-11-30-21)34-22-9-7-18(29)13-19(22)28;6-3-5-4-1-2-4/h8-13,17-19,21H,5-7,14-16,20H2,1-4H3;5-9,11,14-15,17-18,30H,2-4,10,12-13,16H2,1H3;6-11,13-15H,5,12,16,29H2,1-4H3;4H,1-2H2. The van der Waals surface area contributed by atoms with E-state index < -0.39 is 22.8 Å². The highest BCUT2D eigenvalue weighted by atomic mass is 32.1. The number of aliphatic imine (C=N–C) groups is 1. The highest BCUT2D eigenvalue weighted by Crippen LogP contribution is 2.44. The van der Waals surface area contributed by atoms with Crippen LogP contribution in [0.2, 0.25) is 0 Å². The highest BCUT2D eigenvalue weighted by molar-refractivity contribution is 7.80. The molecule has 9 heterocycles. The topological polar surface area (TPSA) is 215 Å². The number of nitrogens with one attached hydrogen (secondary N) is 1. The average molecular weight is 1720 g/mol. The fraction of sp³-hybridized carbons (Fsp3) is 0.359. The first kappa shape index (κ1) is 88.2. The number of hydrogen-bond donors (Lipinski definition) is 2. The molecule has 3 aliphatic rings. The summed E-state index contributed by atoms with van der Waals surface area (Å²) in [6, 6.07) is 38.1. The number of isothiocyanates is 1. The Labute approximate surface area is 721 Å². The molecule has 15 rings (SSSR count). The van der Waals surface area contributed by atoms with Gasteiger partial charge in [0, 0.05) is 99.6 Å². The lowest BCUT2D eigenvalue weighted by atomic mass is 10.1. The number of amides is 2. The molecule has 3 aromatic carbocycles. The van der Waals surface area contributed by atoms with Crippen LogP contribution in [0.15, 0.2) is 170 Å². The van der Waals surface area contributed by atoms with Crippen molar-refractivity contribution in [1.29, 1.82) is 0 Å². The van der Waals surface area contributed by atoms with Crippen LogP contribution in [0, 0.1) is 29.3 Å². The predicted molar refractivity (Wildman–Crippen MR) is 484 cm³/mol. The zero-order valence-electron chi connectivity index (χ0n) is 68.3. The Morgan fingerprint density at radius 2 is 0.874 bits per heavy atom. The lowest BCUT2D eigenvalue weighted by molar-refractivity contribution is 0.0223. The number of hydrogen-bond acceptors (Lipinski definition) is 22. The zero-order chi connectivity index (χ0) is 84.3. The van der Waals surface area contributed by atoms with Crippen molar-refractivity contribution in [1.82, 2.24) is 45.0 Å². The predicted octanol–water partition coefficient (Wildman–Crippen LogP) is 24.9. The van der Waals surface area contributed by atoms with Gasteiger partial charge in [-0.05, 0) is 253 Å². The fourth-order valence-corrected chi connectivity index (χ4v) is 16.6. The van der Waals surface area contributed by atoms with E-state index in [-0.39, 0.29) is 35.3 Å². The van der Waals surface area contributed by atoms with Gasteiger partial charge in [-0.2, -0.15) is 0 Å². The van der Waals surface area contributed by atoms with Crippen LogP contribution in [0.5, 0.6) is 34.5 Å². The minimum absolute atomic E-state index is 0.0933. The third-order valence-corrected chi connectivity index (χ3v) is 23.0. The minimum atomic E-state index is -0.554. The summed E-state index contributed by atoms with van der Waals surface area (Å²) in [7, 11) is 0. The molecule has 0 saturated heterocycles. The van der Waals surface area contributed by atoms with Crippen molar-refractivity contribution in [2.45, 2.75) is 183 Å². The molecular weight excluding hydrogens is 1620 g/mol. The number of nitrogens with two attached hydrogens (primary N) is 1. The van der Waals surface area contributed by atoms with E-state index >= 15 is 4.39 Å². The molecular formula is C92H98F3N11O7S6. The van der Waals surface area contributed by atoms with Crippen molar-refractivity contribution in [3.63, 3.8) is 0 Å². The molecule has 0 aliphatic heterocycles. The lowest BCUT2D eigenvalue weighted by Gasteiger charge is -2.27. The smallest absolute Gasteiger partial charge is 0.410 e. The summed E-state index contributed by atoms with van der Waals surface area (Å²) in [6.07, 6.45) is 23.2. The van der Waals surface area contributed by atoms with E-state index in [2.05, 4.69) is 70.6 Å². The number of benzene rings is 3. The molecule has 3 N–H and O–H groups in total. The number of carbonyl (C=O) groups is 2. The zero-order valence-corrected chi connectivity index (χ0v) is 73.2. The maximum absolute atomic E-state index is 15.0.